The highest BCUT2D eigenvalue weighted by Gasteiger charge is 2.25. The molecule has 2 aromatic rings. The van der Waals surface area contributed by atoms with Crippen LogP contribution in [0.5, 0.6) is 0 Å². The molecule has 3 heterocycles. The van der Waals surface area contributed by atoms with Gasteiger partial charge < -0.3 is 14.7 Å². The molecule has 8 heteroatoms. The Bertz CT molecular complexity index is 613. The minimum Gasteiger partial charge on any atom is -0.339 e. The van der Waals surface area contributed by atoms with E-state index in [2.05, 4.69) is 20.4 Å². The average molecular weight is 321 g/mol. The van der Waals surface area contributed by atoms with Crippen LogP contribution in [0.4, 0.5) is 4.79 Å². The van der Waals surface area contributed by atoms with Gasteiger partial charge in [-0.25, -0.2) is 9.78 Å². The van der Waals surface area contributed by atoms with Gasteiger partial charge in [0.05, 0.1) is 17.7 Å². The van der Waals surface area contributed by atoms with E-state index in [1.54, 1.807) is 5.51 Å². The Labute approximate surface area is 132 Å². The zero-order chi connectivity index (χ0) is 15.4. The van der Waals surface area contributed by atoms with Crippen molar-refractivity contribution in [2.75, 3.05) is 13.1 Å². The third kappa shape index (κ3) is 3.82. The van der Waals surface area contributed by atoms with Crippen LogP contribution < -0.4 is 5.32 Å². The Hall–Kier alpha value is -1.96. The van der Waals surface area contributed by atoms with Crippen molar-refractivity contribution in [1.82, 2.24) is 25.3 Å². The maximum atomic E-state index is 12.2. The van der Waals surface area contributed by atoms with Crippen LogP contribution in [0, 0.1) is 12.8 Å². The van der Waals surface area contributed by atoms with Crippen molar-refractivity contribution in [2.45, 2.75) is 32.7 Å². The molecule has 1 unspecified atom stereocenters. The zero-order valence-electron chi connectivity index (χ0n) is 12.5. The van der Waals surface area contributed by atoms with E-state index in [4.69, 9.17) is 4.52 Å². The monoisotopic (exact) mass is 321 g/mol. The van der Waals surface area contributed by atoms with Crippen LogP contribution in [-0.4, -0.2) is 39.1 Å². The summed E-state index contributed by atoms with van der Waals surface area (Å²) in [5.74, 6) is 1.69. The van der Waals surface area contributed by atoms with E-state index in [0.29, 0.717) is 24.2 Å². The van der Waals surface area contributed by atoms with Crippen LogP contribution in [-0.2, 0) is 13.0 Å². The Morgan fingerprint density at radius 1 is 1.59 bits per heavy atom. The lowest BCUT2D eigenvalue weighted by molar-refractivity contribution is 0.161. The van der Waals surface area contributed by atoms with Crippen molar-refractivity contribution in [1.29, 1.82) is 0 Å². The Morgan fingerprint density at radius 3 is 3.23 bits per heavy atom. The standard InChI is InChI=1S/C14H19N5O2S/c1-10-17-13(21-18-10)5-11-3-2-4-19(7-11)14(20)15-6-12-8-22-9-16-12/h8-9,11H,2-7H2,1H3,(H,15,20). The lowest BCUT2D eigenvalue weighted by Gasteiger charge is -2.32. The van der Waals surface area contributed by atoms with Gasteiger partial charge in [0.25, 0.3) is 0 Å². The molecule has 1 saturated heterocycles. The molecule has 1 atom stereocenters. The fourth-order valence-corrected chi connectivity index (χ4v) is 3.25. The number of carbonyl (C=O) groups excluding carboxylic acids is 1. The molecule has 0 spiro atoms. The number of aromatic nitrogens is 3. The highest BCUT2D eigenvalue weighted by atomic mass is 32.1. The van der Waals surface area contributed by atoms with Crippen molar-refractivity contribution in [3.8, 4) is 0 Å². The highest BCUT2D eigenvalue weighted by Crippen LogP contribution is 2.20. The minimum atomic E-state index is -0.0283. The number of hydrogen-bond acceptors (Lipinski definition) is 6. The third-order valence-corrected chi connectivity index (χ3v) is 4.38. The molecule has 2 aromatic heterocycles. The fraction of sp³-hybridized carbons (Fsp3) is 0.571. The van der Waals surface area contributed by atoms with Gasteiger partial charge in [0.1, 0.15) is 0 Å². The molecule has 0 radical (unpaired) electrons. The van der Waals surface area contributed by atoms with E-state index in [0.717, 1.165) is 38.0 Å². The number of amides is 2. The van der Waals surface area contributed by atoms with Gasteiger partial charge in [-0.05, 0) is 25.7 Å². The summed E-state index contributed by atoms with van der Waals surface area (Å²) in [6.07, 6.45) is 2.82. The van der Waals surface area contributed by atoms with Crippen LogP contribution in [0.3, 0.4) is 0 Å². The number of thiazole rings is 1. The maximum Gasteiger partial charge on any atom is 0.317 e. The first kappa shape index (κ1) is 15.0. The number of nitrogens with zero attached hydrogens (tertiary/aromatic N) is 4. The second kappa shape index (κ2) is 6.87. The molecule has 118 valence electrons. The normalized spacial score (nSPS) is 18.4. The molecule has 0 bridgehead atoms. The largest absolute Gasteiger partial charge is 0.339 e. The van der Waals surface area contributed by atoms with Crippen molar-refractivity contribution >= 4 is 17.4 Å². The van der Waals surface area contributed by atoms with Crippen molar-refractivity contribution in [3.63, 3.8) is 0 Å². The molecule has 0 saturated carbocycles. The summed E-state index contributed by atoms with van der Waals surface area (Å²) in [4.78, 5) is 22.5. The first-order chi connectivity index (χ1) is 10.7. The van der Waals surface area contributed by atoms with Crippen LogP contribution >= 0.6 is 11.3 Å². The number of rotatable bonds is 4. The average Bonchev–Trinajstić information content (AvgIpc) is 3.17. The number of urea groups is 1. The van der Waals surface area contributed by atoms with Gasteiger partial charge in [-0.15, -0.1) is 11.3 Å². The topological polar surface area (TPSA) is 84.2 Å². The SMILES string of the molecule is Cc1noc(CC2CCCN(C(=O)NCc3cscn3)C2)n1. The predicted octanol–water partition coefficient (Wildman–Crippen LogP) is 2.00. The van der Waals surface area contributed by atoms with E-state index in [1.807, 2.05) is 17.2 Å². The highest BCUT2D eigenvalue weighted by molar-refractivity contribution is 7.07. The lowest BCUT2D eigenvalue weighted by Crippen LogP contribution is -2.45. The number of likely N-dealkylation sites (tertiary alicyclic amines) is 1. The Balaban J connectivity index is 1.50. The summed E-state index contributed by atoms with van der Waals surface area (Å²) < 4.78 is 5.17. The molecule has 0 aliphatic carbocycles. The molecule has 1 aliphatic heterocycles. The number of nitrogens with one attached hydrogen (secondary N) is 1. The second-order valence-electron chi connectivity index (χ2n) is 5.53. The molecule has 1 fully saturated rings. The lowest BCUT2D eigenvalue weighted by atomic mass is 9.95. The molecule has 1 aliphatic rings. The van der Waals surface area contributed by atoms with Gasteiger partial charge in [0.2, 0.25) is 5.89 Å². The van der Waals surface area contributed by atoms with Gasteiger partial charge in [-0.2, -0.15) is 4.98 Å². The predicted molar refractivity (Wildman–Crippen MR) is 81.4 cm³/mol. The number of hydrogen-bond donors (Lipinski definition) is 1. The number of aryl methyl sites for hydroxylation is 1. The van der Waals surface area contributed by atoms with Crippen LogP contribution in [0.1, 0.15) is 30.3 Å². The first-order valence-electron chi connectivity index (χ1n) is 7.39. The van der Waals surface area contributed by atoms with Crippen LogP contribution in [0.25, 0.3) is 0 Å². The summed E-state index contributed by atoms with van der Waals surface area (Å²) >= 11 is 1.53. The van der Waals surface area contributed by atoms with Crippen LogP contribution in [0.2, 0.25) is 0 Å². The molecule has 1 N–H and O–H groups in total. The summed E-state index contributed by atoms with van der Waals surface area (Å²) in [5.41, 5.74) is 2.67. The molecule has 22 heavy (non-hydrogen) atoms. The summed E-state index contributed by atoms with van der Waals surface area (Å²) in [5, 5.41) is 8.67. The smallest absolute Gasteiger partial charge is 0.317 e. The van der Waals surface area contributed by atoms with Crippen molar-refractivity contribution in [3.05, 3.63) is 28.3 Å². The number of piperidine rings is 1. The third-order valence-electron chi connectivity index (χ3n) is 3.74. The van der Waals surface area contributed by atoms with Gasteiger partial charge in [-0.3, -0.25) is 0 Å². The summed E-state index contributed by atoms with van der Waals surface area (Å²) in [6, 6.07) is -0.0283. The molecular weight excluding hydrogens is 302 g/mol. The minimum absolute atomic E-state index is 0.0283. The van der Waals surface area contributed by atoms with Crippen molar-refractivity contribution < 1.29 is 9.32 Å². The first-order valence-corrected chi connectivity index (χ1v) is 8.34. The van der Waals surface area contributed by atoms with E-state index >= 15 is 0 Å². The molecule has 7 nitrogen and oxygen atoms in total. The summed E-state index contributed by atoms with van der Waals surface area (Å²) in [7, 11) is 0. The molecule has 3 rings (SSSR count). The molecule has 0 aromatic carbocycles. The van der Waals surface area contributed by atoms with E-state index < -0.39 is 0 Å². The fourth-order valence-electron chi connectivity index (χ4n) is 2.69. The van der Waals surface area contributed by atoms with Gasteiger partial charge in [0.15, 0.2) is 5.82 Å². The van der Waals surface area contributed by atoms with Crippen LogP contribution in [0.15, 0.2) is 15.4 Å². The molecule has 2 amide bonds. The van der Waals surface area contributed by atoms with E-state index in [9.17, 15) is 4.79 Å². The van der Waals surface area contributed by atoms with Gasteiger partial charge >= 0.3 is 6.03 Å². The van der Waals surface area contributed by atoms with Gasteiger partial charge in [-0.1, -0.05) is 5.16 Å². The van der Waals surface area contributed by atoms with Crippen molar-refractivity contribution in [2.24, 2.45) is 5.92 Å². The second-order valence-corrected chi connectivity index (χ2v) is 6.25. The van der Waals surface area contributed by atoms with E-state index in [1.165, 1.54) is 11.3 Å². The Kier molecular flexibility index (Phi) is 4.67. The number of carbonyl (C=O) groups is 1. The quantitative estimate of drug-likeness (QED) is 0.931. The zero-order valence-corrected chi connectivity index (χ0v) is 13.3. The maximum absolute atomic E-state index is 12.2. The van der Waals surface area contributed by atoms with Gasteiger partial charge in [0, 0.05) is 24.9 Å². The summed E-state index contributed by atoms with van der Waals surface area (Å²) in [6.45, 7) is 3.81. The van der Waals surface area contributed by atoms with E-state index in [-0.39, 0.29) is 6.03 Å². The Morgan fingerprint density at radius 2 is 2.50 bits per heavy atom. The molecular formula is C14H19N5O2S.